The highest BCUT2D eigenvalue weighted by Gasteiger charge is 2.11. The van der Waals surface area contributed by atoms with Crippen molar-refractivity contribution in [3.05, 3.63) is 77.5 Å². The van der Waals surface area contributed by atoms with Crippen LogP contribution in [-0.2, 0) is 6.54 Å². The quantitative estimate of drug-likeness (QED) is 0.478. The van der Waals surface area contributed by atoms with Crippen molar-refractivity contribution in [3.8, 4) is 5.75 Å². The number of nitrogens with one attached hydrogen (secondary N) is 2. The number of primary amides is 1. The third-order valence-corrected chi connectivity index (χ3v) is 4.17. The molecule has 1 aromatic heterocycles. The monoisotopic (exact) mass is 412 g/mol. The summed E-state index contributed by atoms with van der Waals surface area (Å²) in [5, 5.41) is 6.12. The zero-order chi connectivity index (χ0) is 21.5. The Hall–Kier alpha value is -3.68. The van der Waals surface area contributed by atoms with Gasteiger partial charge in [0.2, 0.25) is 0 Å². The molecule has 30 heavy (non-hydrogen) atoms. The van der Waals surface area contributed by atoms with Crippen LogP contribution < -0.4 is 21.1 Å². The lowest BCUT2D eigenvalue weighted by Crippen LogP contribution is -2.15. The van der Waals surface area contributed by atoms with Gasteiger partial charge in [-0.15, -0.1) is 0 Å². The number of rotatable bonds is 9. The third-order valence-electron chi connectivity index (χ3n) is 4.17. The maximum Gasteiger partial charge on any atom is 0.252 e. The Balaban J connectivity index is 1.76. The lowest BCUT2D eigenvalue weighted by atomic mass is 10.1. The lowest BCUT2D eigenvalue weighted by molar-refractivity contribution is 0.100. The summed E-state index contributed by atoms with van der Waals surface area (Å²) in [5.41, 5.74) is 7.14. The van der Waals surface area contributed by atoms with Crippen LogP contribution in [-0.4, -0.2) is 17.5 Å². The van der Waals surface area contributed by atoms with Gasteiger partial charge in [-0.25, -0.2) is 13.8 Å². The van der Waals surface area contributed by atoms with Gasteiger partial charge in [0.1, 0.15) is 23.2 Å². The molecule has 0 aliphatic carbocycles. The van der Waals surface area contributed by atoms with Gasteiger partial charge in [-0.05, 0) is 48.4 Å². The van der Waals surface area contributed by atoms with Crippen molar-refractivity contribution in [1.29, 1.82) is 0 Å². The molecule has 0 saturated carbocycles. The molecule has 0 atom stereocenters. The summed E-state index contributed by atoms with van der Waals surface area (Å²) < 4.78 is 32.3. The number of nitrogens with two attached hydrogens (primary N) is 1. The topological polar surface area (TPSA) is 89.3 Å². The Morgan fingerprint density at radius 1 is 1.10 bits per heavy atom. The van der Waals surface area contributed by atoms with Gasteiger partial charge in [0, 0.05) is 30.6 Å². The molecular weight excluding hydrogens is 390 g/mol. The molecule has 0 bridgehead atoms. The van der Waals surface area contributed by atoms with Crippen molar-refractivity contribution in [2.75, 3.05) is 17.2 Å². The molecule has 0 fully saturated rings. The second-order valence-corrected chi connectivity index (χ2v) is 6.61. The Kier molecular flexibility index (Phi) is 6.79. The van der Waals surface area contributed by atoms with E-state index >= 15 is 0 Å². The predicted molar refractivity (Wildman–Crippen MR) is 112 cm³/mol. The highest BCUT2D eigenvalue weighted by Crippen LogP contribution is 2.24. The van der Waals surface area contributed by atoms with E-state index in [4.69, 9.17) is 10.5 Å². The third kappa shape index (κ3) is 5.66. The fourth-order valence-electron chi connectivity index (χ4n) is 2.78. The molecule has 8 heteroatoms. The van der Waals surface area contributed by atoms with Crippen LogP contribution >= 0.6 is 0 Å². The molecule has 0 saturated heterocycles. The molecule has 1 amide bonds. The first kappa shape index (κ1) is 21.0. The van der Waals surface area contributed by atoms with E-state index in [2.05, 4.69) is 15.6 Å². The number of anilines is 3. The number of halogens is 2. The van der Waals surface area contributed by atoms with Crippen molar-refractivity contribution in [3.63, 3.8) is 0 Å². The van der Waals surface area contributed by atoms with Crippen LogP contribution in [0.1, 0.15) is 29.3 Å². The fraction of sp³-hybridized carbons (Fsp3) is 0.182. The number of carbonyl (C=O) groups excluding carboxylic acids is 1. The van der Waals surface area contributed by atoms with E-state index in [1.807, 2.05) is 31.2 Å². The Bertz CT molecular complexity index is 1010. The van der Waals surface area contributed by atoms with E-state index in [0.717, 1.165) is 23.9 Å². The SMILES string of the molecule is CCCOc1ccc(Nc2cc(NCc3cc(F)cc(F)c3)c(C(N)=O)cn2)cc1. The Morgan fingerprint density at radius 3 is 2.43 bits per heavy atom. The van der Waals surface area contributed by atoms with Crippen LogP contribution in [0.25, 0.3) is 0 Å². The molecule has 4 N–H and O–H groups in total. The summed E-state index contributed by atoms with van der Waals surface area (Å²) in [4.78, 5) is 15.9. The van der Waals surface area contributed by atoms with Crippen LogP contribution in [0.5, 0.6) is 5.75 Å². The van der Waals surface area contributed by atoms with Crippen LogP contribution in [0.4, 0.5) is 26.0 Å². The first-order chi connectivity index (χ1) is 14.4. The summed E-state index contributed by atoms with van der Waals surface area (Å²) in [6.45, 7) is 2.78. The van der Waals surface area contributed by atoms with E-state index in [1.165, 1.54) is 18.3 Å². The molecule has 156 valence electrons. The molecule has 6 nitrogen and oxygen atoms in total. The first-order valence-corrected chi connectivity index (χ1v) is 9.43. The van der Waals surface area contributed by atoms with Gasteiger partial charge in [-0.2, -0.15) is 0 Å². The van der Waals surface area contributed by atoms with E-state index in [0.29, 0.717) is 23.7 Å². The minimum Gasteiger partial charge on any atom is -0.494 e. The maximum absolute atomic E-state index is 13.4. The average Bonchev–Trinajstić information content (AvgIpc) is 2.71. The van der Waals surface area contributed by atoms with Crippen molar-refractivity contribution in [2.45, 2.75) is 19.9 Å². The number of benzene rings is 2. The summed E-state index contributed by atoms with van der Waals surface area (Å²) in [7, 11) is 0. The summed E-state index contributed by atoms with van der Waals surface area (Å²) in [5.74, 6) is -0.783. The molecule has 3 aromatic rings. The van der Waals surface area contributed by atoms with Crippen LogP contribution in [0, 0.1) is 11.6 Å². The smallest absolute Gasteiger partial charge is 0.252 e. The lowest BCUT2D eigenvalue weighted by Gasteiger charge is -2.13. The van der Waals surface area contributed by atoms with Crippen molar-refractivity contribution < 1.29 is 18.3 Å². The summed E-state index contributed by atoms with van der Waals surface area (Å²) >= 11 is 0. The fourth-order valence-corrected chi connectivity index (χ4v) is 2.78. The minimum absolute atomic E-state index is 0.0991. The number of amides is 1. The normalized spacial score (nSPS) is 10.5. The number of pyridine rings is 1. The highest BCUT2D eigenvalue weighted by atomic mass is 19.1. The largest absolute Gasteiger partial charge is 0.494 e. The maximum atomic E-state index is 13.4. The van der Waals surface area contributed by atoms with E-state index in [1.54, 1.807) is 6.07 Å². The second kappa shape index (κ2) is 9.69. The Morgan fingerprint density at radius 2 is 1.80 bits per heavy atom. The summed E-state index contributed by atoms with van der Waals surface area (Å²) in [6.07, 6.45) is 2.27. The summed E-state index contributed by atoms with van der Waals surface area (Å²) in [6, 6.07) is 12.2. The molecule has 3 rings (SSSR count). The molecule has 2 aromatic carbocycles. The second-order valence-electron chi connectivity index (χ2n) is 6.61. The van der Waals surface area contributed by atoms with Crippen LogP contribution in [0.3, 0.4) is 0 Å². The van der Waals surface area contributed by atoms with Gasteiger partial charge in [-0.3, -0.25) is 4.79 Å². The van der Waals surface area contributed by atoms with Gasteiger partial charge in [-0.1, -0.05) is 6.92 Å². The van der Waals surface area contributed by atoms with Gasteiger partial charge in [0.25, 0.3) is 5.91 Å². The van der Waals surface area contributed by atoms with Crippen molar-refractivity contribution in [2.24, 2.45) is 5.73 Å². The number of aromatic nitrogens is 1. The molecule has 0 radical (unpaired) electrons. The molecule has 1 heterocycles. The number of hydrogen-bond acceptors (Lipinski definition) is 5. The van der Waals surface area contributed by atoms with Gasteiger partial charge >= 0.3 is 0 Å². The first-order valence-electron chi connectivity index (χ1n) is 9.43. The van der Waals surface area contributed by atoms with Gasteiger partial charge < -0.3 is 21.1 Å². The van der Waals surface area contributed by atoms with Gasteiger partial charge in [0.05, 0.1) is 17.9 Å². The van der Waals surface area contributed by atoms with Crippen LogP contribution in [0.2, 0.25) is 0 Å². The molecule has 0 aliphatic heterocycles. The number of carbonyl (C=O) groups is 1. The molecular formula is C22H22F2N4O2. The van der Waals surface area contributed by atoms with Crippen molar-refractivity contribution >= 4 is 23.1 Å². The van der Waals surface area contributed by atoms with Gasteiger partial charge in [0.15, 0.2) is 0 Å². The number of hydrogen-bond donors (Lipinski definition) is 3. The molecule has 0 spiro atoms. The number of ether oxygens (including phenoxy) is 1. The highest BCUT2D eigenvalue weighted by molar-refractivity contribution is 5.98. The minimum atomic E-state index is -0.676. The van der Waals surface area contributed by atoms with E-state index in [-0.39, 0.29) is 12.1 Å². The van der Waals surface area contributed by atoms with Crippen LogP contribution in [0.15, 0.2) is 54.7 Å². The average molecular weight is 412 g/mol. The predicted octanol–water partition coefficient (Wildman–Crippen LogP) is 4.60. The van der Waals surface area contributed by atoms with E-state index in [9.17, 15) is 13.6 Å². The standard InChI is InChI=1S/C22H22F2N4O2/c1-2-7-30-18-5-3-17(4-6-18)28-21-11-20(19(13-27-21)22(25)29)26-12-14-8-15(23)10-16(24)9-14/h3-6,8-11,13H,2,7,12H2,1H3,(H2,25,29)(H2,26,27,28). The van der Waals surface area contributed by atoms with Crippen molar-refractivity contribution in [1.82, 2.24) is 4.98 Å². The zero-order valence-electron chi connectivity index (χ0n) is 16.4. The molecule has 0 aliphatic rings. The number of nitrogens with zero attached hydrogens (tertiary/aromatic N) is 1. The zero-order valence-corrected chi connectivity index (χ0v) is 16.4. The Labute approximate surface area is 173 Å². The van der Waals surface area contributed by atoms with E-state index < -0.39 is 17.5 Å². The molecule has 0 unspecified atom stereocenters.